The Balaban J connectivity index is 1.60. The number of piperidine rings is 1. The largest absolute Gasteiger partial charge is 0.463 e. The van der Waals surface area contributed by atoms with Gasteiger partial charge in [0.15, 0.2) is 5.96 Å². The average Bonchev–Trinajstić information content (AvgIpc) is 3.18. The fourth-order valence-electron chi connectivity index (χ4n) is 3.44. The molecule has 7 nitrogen and oxygen atoms in total. The minimum atomic E-state index is -1.15. The van der Waals surface area contributed by atoms with Gasteiger partial charge in [-0.1, -0.05) is 12.1 Å². The number of rotatable bonds is 7. The van der Waals surface area contributed by atoms with Crippen molar-refractivity contribution < 1.29 is 14.3 Å². The molecule has 1 atom stereocenters. The number of aryl methyl sites for hydroxylation is 1. The number of nitrogens with zero attached hydrogens (tertiary/aromatic N) is 2. The van der Waals surface area contributed by atoms with Gasteiger partial charge < -0.3 is 25.1 Å². The molecule has 0 spiro atoms. The van der Waals surface area contributed by atoms with E-state index in [0.29, 0.717) is 31.2 Å². The summed E-state index contributed by atoms with van der Waals surface area (Å²) in [5.41, 5.74) is 0.851. The SMILES string of the molecule is CCNC(=NCc1ccc(N2CCCCC2=O)cc1)NCC(C)(O)c1ccc(C)o1. The maximum atomic E-state index is 12.1. The Bertz CT molecular complexity index is 871. The Hall–Kier alpha value is -2.80. The summed E-state index contributed by atoms with van der Waals surface area (Å²) in [4.78, 5) is 18.6. The molecule has 1 aliphatic rings. The molecule has 0 bridgehead atoms. The van der Waals surface area contributed by atoms with E-state index in [4.69, 9.17) is 4.42 Å². The zero-order chi connectivity index (χ0) is 21.6. The molecule has 1 fully saturated rings. The van der Waals surface area contributed by atoms with Crippen LogP contribution in [-0.2, 0) is 16.9 Å². The van der Waals surface area contributed by atoms with Crippen LogP contribution in [0.1, 0.15) is 50.2 Å². The second-order valence-corrected chi connectivity index (χ2v) is 7.90. The van der Waals surface area contributed by atoms with E-state index in [1.54, 1.807) is 13.0 Å². The number of amides is 1. The first-order valence-corrected chi connectivity index (χ1v) is 10.6. The van der Waals surface area contributed by atoms with Crippen LogP contribution in [0.4, 0.5) is 5.69 Å². The molecule has 1 unspecified atom stereocenters. The number of guanidine groups is 1. The maximum Gasteiger partial charge on any atom is 0.226 e. The number of aliphatic hydroxyl groups is 1. The quantitative estimate of drug-likeness (QED) is 0.480. The zero-order valence-electron chi connectivity index (χ0n) is 18.1. The van der Waals surface area contributed by atoms with Gasteiger partial charge in [0.1, 0.15) is 17.1 Å². The van der Waals surface area contributed by atoms with E-state index in [1.165, 1.54) is 0 Å². The highest BCUT2D eigenvalue weighted by molar-refractivity contribution is 5.93. The van der Waals surface area contributed by atoms with Crippen molar-refractivity contribution in [3.63, 3.8) is 0 Å². The summed E-state index contributed by atoms with van der Waals surface area (Å²) in [6, 6.07) is 11.6. The molecule has 0 saturated carbocycles. The lowest BCUT2D eigenvalue weighted by atomic mass is 10.0. The Kier molecular flexibility index (Phi) is 7.15. The van der Waals surface area contributed by atoms with Crippen LogP contribution >= 0.6 is 0 Å². The molecule has 1 amide bonds. The number of hydrogen-bond donors (Lipinski definition) is 3. The first-order valence-electron chi connectivity index (χ1n) is 10.6. The monoisotopic (exact) mass is 412 g/mol. The fourth-order valence-corrected chi connectivity index (χ4v) is 3.44. The third kappa shape index (κ3) is 5.63. The van der Waals surface area contributed by atoms with Crippen molar-refractivity contribution in [3.05, 3.63) is 53.5 Å². The van der Waals surface area contributed by atoms with Gasteiger partial charge in [0.25, 0.3) is 0 Å². The van der Waals surface area contributed by atoms with E-state index in [-0.39, 0.29) is 12.5 Å². The first-order chi connectivity index (χ1) is 14.4. The third-order valence-electron chi connectivity index (χ3n) is 5.21. The molecule has 1 aromatic heterocycles. The molecule has 30 heavy (non-hydrogen) atoms. The van der Waals surface area contributed by atoms with Gasteiger partial charge in [-0.25, -0.2) is 4.99 Å². The van der Waals surface area contributed by atoms with Crippen LogP contribution in [0.2, 0.25) is 0 Å². The molecule has 1 aromatic carbocycles. The highest BCUT2D eigenvalue weighted by Gasteiger charge is 2.27. The Morgan fingerprint density at radius 2 is 1.97 bits per heavy atom. The van der Waals surface area contributed by atoms with Crippen LogP contribution in [0, 0.1) is 6.92 Å². The predicted molar refractivity (Wildman–Crippen MR) is 118 cm³/mol. The van der Waals surface area contributed by atoms with Gasteiger partial charge in [0.2, 0.25) is 5.91 Å². The van der Waals surface area contributed by atoms with Gasteiger partial charge in [0.05, 0.1) is 13.1 Å². The lowest BCUT2D eigenvalue weighted by molar-refractivity contribution is -0.119. The van der Waals surface area contributed by atoms with Crippen molar-refractivity contribution in [3.8, 4) is 0 Å². The van der Waals surface area contributed by atoms with Crippen molar-refractivity contribution >= 4 is 17.6 Å². The summed E-state index contributed by atoms with van der Waals surface area (Å²) in [6.45, 7) is 7.82. The van der Waals surface area contributed by atoms with Crippen LogP contribution in [0.5, 0.6) is 0 Å². The molecule has 1 saturated heterocycles. The fraction of sp³-hybridized carbons (Fsp3) is 0.478. The molecule has 162 valence electrons. The summed E-state index contributed by atoms with van der Waals surface area (Å²) in [5, 5.41) is 17.1. The van der Waals surface area contributed by atoms with Crippen molar-refractivity contribution in [2.45, 2.75) is 52.2 Å². The van der Waals surface area contributed by atoms with Gasteiger partial charge in [-0.15, -0.1) is 0 Å². The molecular weight excluding hydrogens is 380 g/mol. The number of carbonyl (C=O) groups is 1. The van der Waals surface area contributed by atoms with Crippen LogP contribution in [-0.4, -0.2) is 36.6 Å². The van der Waals surface area contributed by atoms with Gasteiger partial charge in [-0.05, 0) is 63.4 Å². The molecule has 2 heterocycles. The molecule has 0 radical (unpaired) electrons. The minimum absolute atomic E-state index is 0.199. The number of furan rings is 1. The van der Waals surface area contributed by atoms with Crippen LogP contribution in [0.25, 0.3) is 0 Å². The average molecular weight is 413 g/mol. The number of carbonyl (C=O) groups excluding carboxylic acids is 1. The lowest BCUT2D eigenvalue weighted by Crippen LogP contribution is -2.44. The normalized spacial score (nSPS) is 17.0. The Labute approximate surface area is 178 Å². The topological polar surface area (TPSA) is 90.1 Å². The maximum absolute atomic E-state index is 12.1. The van der Waals surface area contributed by atoms with E-state index in [0.717, 1.165) is 36.4 Å². The number of anilines is 1. The second kappa shape index (κ2) is 9.80. The molecule has 0 aliphatic carbocycles. The number of hydrogen-bond acceptors (Lipinski definition) is 4. The number of nitrogens with one attached hydrogen (secondary N) is 2. The van der Waals surface area contributed by atoms with E-state index in [1.807, 2.05) is 49.1 Å². The summed E-state index contributed by atoms with van der Waals surface area (Å²) in [6.07, 6.45) is 2.66. The van der Waals surface area contributed by atoms with Crippen molar-refractivity contribution in [1.82, 2.24) is 10.6 Å². The van der Waals surface area contributed by atoms with Crippen LogP contribution < -0.4 is 15.5 Å². The standard InChI is InChI=1S/C23H32N4O3/c1-4-24-22(26-16-23(3,29)20-13-8-17(2)30-20)25-15-18-9-11-19(12-10-18)27-14-6-5-7-21(27)28/h8-13,29H,4-7,14-16H2,1-3H3,(H2,24,25,26). The smallest absolute Gasteiger partial charge is 0.226 e. The highest BCUT2D eigenvalue weighted by Crippen LogP contribution is 2.23. The van der Waals surface area contributed by atoms with Crippen LogP contribution in [0.3, 0.4) is 0 Å². The minimum Gasteiger partial charge on any atom is -0.463 e. The van der Waals surface area contributed by atoms with Crippen molar-refractivity contribution in [1.29, 1.82) is 0 Å². The number of aliphatic imine (C=N–C) groups is 1. The summed E-state index contributed by atoms with van der Waals surface area (Å²) in [7, 11) is 0. The zero-order valence-corrected chi connectivity index (χ0v) is 18.1. The van der Waals surface area contributed by atoms with Crippen molar-refractivity contribution in [2.75, 3.05) is 24.5 Å². The second-order valence-electron chi connectivity index (χ2n) is 7.90. The van der Waals surface area contributed by atoms with Gasteiger partial charge in [0, 0.05) is 25.2 Å². The molecule has 7 heteroatoms. The van der Waals surface area contributed by atoms with E-state index >= 15 is 0 Å². The van der Waals surface area contributed by atoms with Gasteiger partial charge in [-0.3, -0.25) is 4.79 Å². The summed E-state index contributed by atoms with van der Waals surface area (Å²) >= 11 is 0. The van der Waals surface area contributed by atoms with E-state index in [2.05, 4.69) is 15.6 Å². The van der Waals surface area contributed by atoms with Crippen LogP contribution in [0.15, 0.2) is 45.8 Å². The summed E-state index contributed by atoms with van der Waals surface area (Å²) < 4.78 is 5.56. The third-order valence-corrected chi connectivity index (χ3v) is 5.21. The van der Waals surface area contributed by atoms with E-state index < -0.39 is 5.60 Å². The van der Waals surface area contributed by atoms with Gasteiger partial charge >= 0.3 is 0 Å². The molecule has 2 aromatic rings. The molecule has 3 rings (SSSR count). The Morgan fingerprint density at radius 3 is 2.60 bits per heavy atom. The first kappa shape index (κ1) is 21.9. The molecular formula is C23H32N4O3. The van der Waals surface area contributed by atoms with Gasteiger partial charge in [-0.2, -0.15) is 0 Å². The predicted octanol–water partition coefficient (Wildman–Crippen LogP) is 3.07. The van der Waals surface area contributed by atoms with E-state index in [9.17, 15) is 9.90 Å². The Morgan fingerprint density at radius 1 is 1.20 bits per heavy atom. The van der Waals surface area contributed by atoms with Crippen molar-refractivity contribution in [2.24, 2.45) is 4.99 Å². The lowest BCUT2D eigenvalue weighted by Gasteiger charge is -2.26. The molecule has 3 N–H and O–H groups in total. The number of benzene rings is 1. The summed E-state index contributed by atoms with van der Waals surface area (Å²) in [5.74, 6) is 2.10. The highest BCUT2D eigenvalue weighted by atomic mass is 16.4. The molecule has 1 aliphatic heterocycles.